The van der Waals surface area contributed by atoms with Crippen LogP contribution in [0, 0.1) is 0 Å². The first-order valence-electron chi connectivity index (χ1n) is 5.18. The lowest BCUT2D eigenvalue weighted by Gasteiger charge is -2.02. The van der Waals surface area contributed by atoms with Crippen LogP contribution in [0.3, 0.4) is 0 Å². The smallest absolute Gasteiger partial charge is 0.309 e. The zero-order chi connectivity index (χ0) is 13.3. The second-order valence-electron chi connectivity index (χ2n) is 3.81. The molecule has 1 N–H and O–H groups in total. The van der Waals surface area contributed by atoms with E-state index >= 15 is 0 Å². The lowest BCUT2D eigenvalue weighted by molar-refractivity contribution is -0.136. The van der Waals surface area contributed by atoms with Gasteiger partial charge in [0, 0.05) is 17.1 Å². The van der Waals surface area contributed by atoms with Gasteiger partial charge < -0.3 is 9.67 Å². The van der Waals surface area contributed by atoms with E-state index in [0.29, 0.717) is 16.7 Å². The summed E-state index contributed by atoms with van der Waals surface area (Å²) in [7, 11) is 1.76. The quantitative estimate of drug-likeness (QED) is 0.941. The Morgan fingerprint density at radius 2 is 2.06 bits per heavy atom. The van der Waals surface area contributed by atoms with E-state index in [1.807, 2.05) is 24.3 Å². The second kappa shape index (κ2) is 5.12. The molecule has 2 rings (SSSR count). The molecule has 0 saturated heterocycles. The molecule has 0 fully saturated rings. The van der Waals surface area contributed by atoms with Crippen LogP contribution >= 0.6 is 27.5 Å². The first-order valence-corrected chi connectivity index (χ1v) is 6.35. The van der Waals surface area contributed by atoms with Crippen LogP contribution in [-0.4, -0.2) is 20.6 Å². The molecule has 0 saturated carbocycles. The maximum Gasteiger partial charge on any atom is 0.309 e. The van der Waals surface area contributed by atoms with Crippen molar-refractivity contribution >= 4 is 33.5 Å². The summed E-state index contributed by atoms with van der Waals surface area (Å²) in [4.78, 5) is 15.0. The molecule has 94 valence electrons. The highest BCUT2D eigenvalue weighted by Crippen LogP contribution is 2.26. The molecule has 4 nitrogen and oxygen atoms in total. The number of hydrogen-bond donors (Lipinski definition) is 1. The summed E-state index contributed by atoms with van der Waals surface area (Å²) >= 11 is 9.42. The van der Waals surface area contributed by atoms with Crippen molar-refractivity contribution in [3.8, 4) is 11.4 Å². The molecular formula is C12H10BrClN2O2. The fraction of sp³-hybridized carbons (Fsp3) is 0.167. The number of aliphatic carboxylic acids is 1. The van der Waals surface area contributed by atoms with Gasteiger partial charge in [-0.25, -0.2) is 4.98 Å². The van der Waals surface area contributed by atoms with Gasteiger partial charge in [0.1, 0.15) is 11.0 Å². The molecule has 0 bridgehead atoms. The molecule has 0 amide bonds. The molecule has 0 aliphatic heterocycles. The molecule has 0 aliphatic rings. The van der Waals surface area contributed by atoms with Crippen LogP contribution in [0.25, 0.3) is 11.4 Å². The van der Waals surface area contributed by atoms with Crippen LogP contribution in [0.5, 0.6) is 0 Å². The number of aromatic nitrogens is 2. The highest BCUT2D eigenvalue weighted by atomic mass is 79.9. The molecule has 1 heterocycles. The third-order valence-electron chi connectivity index (χ3n) is 2.51. The summed E-state index contributed by atoms with van der Waals surface area (Å²) in [6.45, 7) is 0. The molecule has 0 radical (unpaired) electrons. The Balaban J connectivity index is 2.45. The van der Waals surface area contributed by atoms with Crippen LogP contribution in [0.15, 0.2) is 28.7 Å². The SMILES string of the molecule is Cn1c(-c2ccc(Br)cc2)nc(CC(=O)O)c1Cl. The number of hydrogen-bond acceptors (Lipinski definition) is 2. The largest absolute Gasteiger partial charge is 0.481 e. The number of benzene rings is 1. The first-order chi connectivity index (χ1) is 8.49. The molecular weight excluding hydrogens is 320 g/mol. The Bertz CT molecular complexity index is 593. The molecule has 0 aliphatic carbocycles. The average Bonchev–Trinajstić information content (AvgIpc) is 2.58. The van der Waals surface area contributed by atoms with E-state index in [2.05, 4.69) is 20.9 Å². The minimum atomic E-state index is -0.947. The number of nitrogens with zero attached hydrogens (tertiary/aromatic N) is 2. The topological polar surface area (TPSA) is 55.1 Å². The van der Waals surface area contributed by atoms with E-state index in [0.717, 1.165) is 10.0 Å². The molecule has 2 aromatic rings. The van der Waals surface area contributed by atoms with Gasteiger partial charge in [-0.05, 0) is 12.1 Å². The highest BCUT2D eigenvalue weighted by molar-refractivity contribution is 9.10. The van der Waals surface area contributed by atoms with E-state index in [-0.39, 0.29) is 6.42 Å². The van der Waals surface area contributed by atoms with E-state index in [4.69, 9.17) is 16.7 Å². The lowest BCUT2D eigenvalue weighted by atomic mass is 10.2. The summed E-state index contributed by atoms with van der Waals surface area (Å²) < 4.78 is 2.65. The molecule has 0 unspecified atom stereocenters. The molecule has 0 spiro atoms. The molecule has 0 atom stereocenters. The van der Waals surface area contributed by atoms with Crippen molar-refractivity contribution in [1.82, 2.24) is 9.55 Å². The van der Waals surface area contributed by atoms with Gasteiger partial charge in [0.05, 0.1) is 12.1 Å². The van der Waals surface area contributed by atoms with Gasteiger partial charge in [-0.15, -0.1) is 0 Å². The van der Waals surface area contributed by atoms with Crippen LogP contribution in [0.4, 0.5) is 0 Å². The van der Waals surface area contributed by atoms with Crippen LogP contribution in [-0.2, 0) is 18.3 Å². The van der Waals surface area contributed by atoms with Crippen molar-refractivity contribution in [3.63, 3.8) is 0 Å². The van der Waals surface area contributed by atoms with E-state index in [1.54, 1.807) is 11.6 Å². The number of halogens is 2. The molecule has 6 heteroatoms. The molecule has 1 aromatic heterocycles. The normalized spacial score (nSPS) is 10.6. The third-order valence-corrected chi connectivity index (χ3v) is 3.51. The monoisotopic (exact) mass is 328 g/mol. The number of rotatable bonds is 3. The van der Waals surface area contributed by atoms with Crippen molar-refractivity contribution in [2.75, 3.05) is 0 Å². The summed E-state index contributed by atoms with van der Waals surface area (Å²) in [5, 5.41) is 9.14. The summed E-state index contributed by atoms with van der Waals surface area (Å²) in [5.41, 5.74) is 1.27. The predicted octanol–water partition coefficient (Wildman–Crippen LogP) is 3.13. The zero-order valence-corrected chi connectivity index (χ0v) is 11.9. The van der Waals surface area contributed by atoms with Gasteiger partial charge in [0.15, 0.2) is 0 Å². The zero-order valence-electron chi connectivity index (χ0n) is 9.52. The number of carboxylic acid groups (broad SMARTS) is 1. The first kappa shape index (κ1) is 13.1. The maximum absolute atomic E-state index is 10.7. The average molecular weight is 330 g/mol. The van der Waals surface area contributed by atoms with E-state index in [1.165, 1.54) is 0 Å². The van der Waals surface area contributed by atoms with Gasteiger partial charge in [-0.2, -0.15) is 0 Å². The summed E-state index contributed by atoms with van der Waals surface area (Å²) in [6.07, 6.45) is -0.177. The van der Waals surface area contributed by atoms with Crippen LogP contribution in [0.1, 0.15) is 5.69 Å². The van der Waals surface area contributed by atoms with Gasteiger partial charge in [-0.3, -0.25) is 4.79 Å². The van der Waals surface area contributed by atoms with Crippen LogP contribution < -0.4 is 0 Å². The third kappa shape index (κ3) is 2.57. The van der Waals surface area contributed by atoms with Crippen molar-refractivity contribution in [3.05, 3.63) is 39.6 Å². The highest BCUT2D eigenvalue weighted by Gasteiger charge is 2.16. The van der Waals surface area contributed by atoms with Crippen LogP contribution in [0.2, 0.25) is 5.15 Å². The minimum absolute atomic E-state index is 0.177. The van der Waals surface area contributed by atoms with E-state index in [9.17, 15) is 4.79 Å². The predicted molar refractivity (Wildman–Crippen MR) is 72.7 cm³/mol. The van der Waals surface area contributed by atoms with Gasteiger partial charge in [0.25, 0.3) is 0 Å². The Labute approximate surface area is 117 Å². The van der Waals surface area contributed by atoms with Crippen molar-refractivity contribution in [2.24, 2.45) is 7.05 Å². The molecule has 18 heavy (non-hydrogen) atoms. The van der Waals surface area contributed by atoms with Gasteiger partial charge >= 0.3 is 5.97 Å². The number of imidazole rings is 1. The second-order valence-corrected chi connectivity index (χ2v) is 5.08. The maximum atomic E-state index is 10.7. The fourth-order valence-electron chi connectivity index (χ4n) is 1.65. The van der Waals surface area contributed by atoms with Gasteiger partial charge in [0.2, 0.25) is 0 Å². The summed E-state index contributed by atoms with van der Waals surface area (Å²) in [6, 6.07) is 7.59. The molecule has 1 aromatic carbocycles. The Morgan fingerprint density at radius 3 is 2.61 bits per heavy atom. The lowest BCUT2D eigenvalue weighted by Crippen LogP contribution is -2.01. The fourth-order valence-corrected chi connectivity index (χ4v) is 2.10. The standard InChI is InChI=1S/C12H10BrClN2O2/c1-16-11(14)9(6-10(17)18)15-12(16)7-2-4-8(13)5-3-7/h2-5H,6H2,1H3,(H,17,18). The Hall–Kier alpha value is -1.33. The minimum Gasteiger partial charge on any atom is -0.481 e. The summed E-state index contributed by atoms with van der Waals surface area (Å²) in [5.74, 6) is -0.291. The van der Waals surface area contributed by atoms with Crippen molar-refractivity contribution in [2.45, 2.75) is 6.42 Å². The van der Waals surface area contributed by atoms with E-state index < -0.39 is 5.97 Å². The Morgan fingerprint density at radius 1 is 1.44 bits per heavy atom. The number of carboxylic acids is 1. The van der Waals surface area contributed by atoms with Crippen molar-refractivity contribution < 1.29 is 9.90 Å². The number of carbonyl (C=O) groups is 1. The van der Waals surface area contributed by atoms with Gasteiger partial charge in [-0.1, -0.05) is 39.7 Å². The van der Waals surface area contributed by atoms with Crippen molar-refractivity contribution in [1.29, 1.82) is 0 Å². The Kier molecular flexibility index (Phi) is 3.73.